The summed E-state index contributed by atoms with van der Waals surface area (Å²) in [5.74, 6) is 1.40. The maximum Gasteiger partial charge on any atom is 0.323 e. The van der Waals surface area contributed by atoms with E-state index in [1.165, 1.54) is 13.3 Å². The molecule has 1 saturated heterocycles. The number of anilines is 3. The summed E-state index contributed by atoms with van der Waals surface area (Å²) in [6.45, 7) is 2.95. The molecule has 14 nitrogen and oxygen atoms in total. The fourth-order valence-corrected chi connectivity index (χ4v) is 5.81. The first-order chi connectivity index (χ1) is 22.3. The van der Waals surface area contributed by atoms with E-state index in [0.717, 1.165) is 18.4 Å². The number of β-amino-alcohol motifs (C(OH)–C–C–N with tert-alkyl or cyclic N) is 1. The molecular weight excluding hydrogens is 586 g/mol. The number of nitriles is 1. The zero-order valence-electron chi connectivity index (χ0n) is 25.7. The maximum absolute atomic E-state index is 13.7. The molecule has 3 N–H and O–H groups in total. The van der Waals surface area contributed by atoms with Crippen molar-refractivity contribution in [2.24, 2.45) is 0 Å². The molecule has 236 valence electrons. The molecule has 1 aliphatic heterocycles. The van der Waals surface area contributed by atoms with Gasteiger partial charge in [0.05, 0.1) is 37.0 Å². The van der Waals surface area contributed by atoms with Gasteiger partial charge in [0.15, 0.2) is 11.6 Å². The van der Waals surface area contributed by atoms with E-state index >= 15 is 0 Å². The Morgan fingerprint density at radius 3 is 2.41 bits per heavy atom. The zero-order chi connectivity index (χ0) is 32.1. The third-order valence-corrected chi connectivity index (χ3v) is 8.14. The van der Waals surface area contributed by atoms with Crippen molar-refractivity contribution in [1.29, 1.82) is 5.26 Å². The average molecular weight is 622 g/mol. The van der Waals surface area contributed by atoms with E-state index in [9.17, 15) is 15.2 Å². The van der Waals surface area contributed by atoms with E-state index in [1.54, 1.807) is 36.6 Å². The molecule has 6 rings (SSSR count). The fraction of sp³-hybridized carbons (Fsp3) is 0.375. The molecule has 2 aliphatic rings. The highest BCUT2D eigenvalue weighted by atomic mass is 16.5. The summed E-state index contributed by atoms with van der Waals surface area (Å²) in [5, 5.41) is 26.2. The van der Waals surface area contributed by atoms with Crippen LogP contribution < -0.4 is 25.2 Å². The van der Waals surface area contributed by atoms with Crippen LogP contribution >= 0.6 is 0 Å². The van der Waals surface area contributed by atoms with Crippen molar-refractivity contribution in [2.45, 2.75) is 56.8 Å². The Balaban J connectivity index is 1.15. The van der Waals surface area contributed by atoms with Crippen molar-refractivity contribution in [1.82, 2.24) is 35.2 Å². The predicted molar refractivity (Wildman–Crippen MR) is 170 cm³/mol. The summed E-state index contributed by atoms with van der Waals surface area (Å²) in [6.07, 6.45) is 10.9. The molecule has 14 heteroatoms. The lowest BCUT2D eigenvalue weighted by molar-refractivity contribution is 0.0305. The number of methoxy groups -OCH3 is 1. The summed E-state index contributed by atoms with van der Waals surface area (Å²) in [6, 6.07) is 11.9. The van der Waals surface area contributed by atoms with Gasteiger partial charge in [-0.2, -0.15) is 10.2 Å². The van der Waals surface area contributed by atoms with Gasteiger partial charge in [0.1, 0.15) is 11.6 Å². The van der Waals surface area contributed by atoms with Crippen LogP contribution in [0, 0.1) is 11.3 Å². The quantitative estimate of drug-likeness (QED) is 0.249. The number of amides is 2. The topological polar surface area (TPSA) is 178 Å². The minimum Gasteiger partial charge on any atom is -0.467 e. The fourth-order valence-electron chi connectivity index (χ4n) is 5.81. The number of aromatic nitrogens is 6. The van der Waals surface area contributed by atoms with Gasteiger partial charge in [-0.1, -0.05) is 30.3 Å². The van der Waals surface area contributed by atoms with Gasteiger partial charge < -0.3 is 25.4 Å². The van der Waals surface area contributed by atoms with Gasteiger partial charge >= 0.3 is 12.0 Å². The Morgan fingerprint density at radius 1 is 1.04 bits per heavy atom. The van der Waals surface area contributed by atoms with Gasteiger partial charge in [-0.15, -0.1) is 0 Å². The number of hydrogen-bond acceptors (Lipinski definition) is 12. The van der Waals surface area contributed by atoms with E-state index in [4.69, 9.17) is 4.74 Å². The molecule has 1 aliphatic carbocycles. The van der Waals surface area contributed by atoms with Crippen LogP contribution in [-0.2, 0) is 6.54 Å². The van der Waals surface area contributed by atoms with Crippen LogP contribution in [0.3, 0.4) is 0 Å². The van der Waals surface area contributed by atoms with Crippen molar-refractivity contribution in [3.05, 3.63) is 72.4 Å². The molecule has 4 heterocycles. The lowest BCUT2D eigenvalue weighted by Crippen LogP contribution is -2.60. The van der Waals surface area contributed by atoms with Crippen LogP contribution in [0.15, 0.2) is 61.3 Å². The van der Waals surface area contributed by atoms with Crippen molar-refractivity contribution >= 4 is 23.6 Å². The molecule has 0 bridgehead atoms. The smallest absolute Gasteiger partial charge is 0.323 e. The second kappa shape index (κ2) is 13.3. The zero-order valence-corrected chi connectivity index (χ0v) is 25.7. The van der Waals surface area contributed by atoms with Crippen LogP contribution in [0.2, 0.25) is 0 Å². The Morgan fingerprint density at radius 2 is 1.78 bits per heavy atom. The first-order valence-corrected chi connectivity index (χ1v) is 15.1. The highest BCUT2D eigenvalue weighted by molar-refractivity contribution is 5.91. The lowest BCUT2D eigenvalue weighted by Gasteiger charge is -2.45. The molecule has 1 saturated carbocycles. The van der Waals surface area contributed by atoms with E-state index in [-0.39, 0.29) is 24.1 Å². The number of nitrogens with zero attached hydrogens (tertiary/aromatic N) is 9. The van der Waals surface area contributed by atoms with Crippen molar-refractivity contribution < 1.29 is 14.6 Å². The molecule has 4 aromatic rings. The van der Waals surface area contributed by atoms with E-state index in [2.05, 4.69) is 46.6 Å². The molecule has 2 fully saturated rings. The third-order valence-electron chi connectivity index (χ3n) is 8.14. The van der Waals surface area contributed by atoms with Gasteiger partial charge in [0.2, 0.25) is 5.95 Å². The second-order valence-corrected chi connectivity index (χ2v) is 11.8. The van der Waals surface area contributed by atoms with Gasteiger partial charge in [0.25, 0.3) is 0 Å². The number of carbonyl (C=O) groups excluding carboxylic acids is 1. The van der Waals surface area contributed by atoms with Crippen LogP contribution in [-0.4, -0.2) is 78.9 Å². The first kappa shape index (κ1) is 30.6. The SMILES string of the molecule is COc1ncc(-c2cnc(N(C(=O)NCc3ccccc3)C3CCC(Nc4ncc(C#N)c(N5CC(C)(O)C5)n4)CC3)cn2)cn1. The highest BCUT2D eigenvalue weighted by Gasteiger charge is 2.39. The molecular formula is C32H35N11O3. The van der Waals surface area contributed by atoms with Crippen LogP contribution in [0.4, 0.5) is 22.4 Å². The van der Waals surface area contributed by atoms with E-state index in [1.807, 2.05) is 35.2 Å². The van der Waals surface area contributed by atoms with Crippen molar-refractivity contribution in [3.8, 4) is 23.3 Å². The number of ether oxygens (including phenoxy) is 1. The van der Waals surface area contributed by atoms with Crippen LogP contribution in [0.25, 0.3) is 11.3 Å². The Kier molecular flexibility index (Phi) is 8.84. The second-order valence-electron chi connectivity index (χ2n) is 11.8. The Bertz CT molecular complexity index is 1680. The highest BCUT2D eigenvalue weighted by Crippen LogP contribution is 2.31. The number of aliphatic hydroxyl groups is 1. The number of rotatable bonds is 9. The molecule has 0 radical (unpaired) electrons. The maximum atomic E-state index is 13.7. The standard InChI is InChI=1S/C32H35N11O3/c1-32(45)19-42(20-32)28-22(12-33)14-36-29(41-28)40-24-8-10-25(11-9-24)43(31(44)39-13-21-6-4-3-5-7-21)27-18-34-26(17-35-27)23-15-37-30(46-2)38-16-23/h3-7,14-18,24-25,45H,8-11,13,19-20H2,1-2H3,(H,39,44)(H,36,40,41). The van der Waals surface area contributed by atoms with Crippen molar-refractivity contribution in [2.75, 3.05) is 35.3 Å². The van der Waals surface area contributed by atoms with Gasteiger partial charge in [0, 0.05) is 49.7 Å². The minimum atomic E-state index is -0.794. The normalized spacial score (nSPS) is 18.5. The van der Waals surface area contributed by atoms with Crippen molar-refractivity contribution in [3.63, 3.8) is 0 Å². The molecule has 0 spiro atoms. The monoisotopic (exact) mass is 621 g/mol. The van der Waals surface area contributed by atoms with Crippen LogP contribution in [0.1, 0.15) is 43.7 Å². The number of benzene rings is 1. The van der Waals surface area contributed by atoms with E-state index in [0.29, 0.717) is 66.9 Å². The molecule has 46 heavy (non-hydrogen) atoms. The Hall–Kier alpha value is -5.42. The summed E-state index contributed by atoms with van der Waals surface area (Å²) < 4.78 is 5.04. The molecule has 0 atom stereocenters. The predicted octanol–water partition coefficient (Wildman–Crippen LogP) is 3.31. The minimum absolute atomic E-state index is 0.0781. The van der Waals surface area contributed by atoms with E-state index < -0.39 is 5.60 Å². The third kappa shape index (κ3) is 6.94. The summed E-state index contributed by atoms with van der Waals surface area (Å²) >= 11 is 0. The summed E-state index contributed by atoms with van der Waals surface area (Å²) in [7, 11) is 1.50. The molecule has 3 aromatic heterocycles. The summed E-state index contributed by atoms with van der Waals surface area (Å²) in [5.41, 5.74) is 1.83. The van der Waals surface area contributed by atoms with Gasteiger partial charge in [-0.25, -0.2) is 24.7 Å². The molecule has 2 amide bonds. The molecule has 1 aromatic carbocycles. The van der Waals surface area contributed by atoms with Gasteiger partial charge in [-0.3, -0.25) is 9.88 Å². The Labute approximate surface area is 266 Å². The summed E-state index contributed by atoms with van der Waals surface area (Å²) in [4.78, 5) is 43.7. The lowest BCUT2D eigenvalue weighted by atomic mass is 9.90. The molecule has 0 unspecified atom stereocenters. The van der Waals surface area contributed by atoms with Gasteiger partial charge in [-0.05, 0) is 38.2 Å². The van der Waals surface area contributed by atoms with Crippen LogP contribution in [0.5, 0.6) is 6.01 Å². The number of urea groups is 1. The first-order valence-electron chi connectivity index (χ1n) is 15.1. The largest absolute Gasteiger partial charge is 0.467 e. The number of carbonyl (C=O) groups is 1. The number of hydrogen-bond donors (Lipinski definition) is 3. The number of nitrogens with one attached hydrogen (secondary N) is 2. The average Bonchev–Trinajstić information content (AvgIpc) is 3.08.